The quantitative estimate of drug-likeness (QED) is 0.916. The first-order valence-electron chi connectivity index (χ1n) is 5.49. The molecule has 2 nitrogen and oxygen atoms in total. The number of rotatable bonds is 4. The van der Waals surface area contributed by atoms with E-state index in [4.69, 9.17) is 16.7 Å². The minimum atomic E-state index is -0.884. The third kappa shape index (κ3) is 3.72. The van der Waals surface area contributed by atoms with Gasteiger partial charge >= 0.3 is 5.97 Å². The van der Waals surface area contributed by atoms with Crippen molar-refractivity contribution in [3.63, 3.8) is 0 Å². The van der Waals surface area contributed by atoms with Gasteiger partial charge in [0.25, 0.3) is 0 Å². The lowest BCUT2D eigenvalue weighted by atomic mass is 10.1. The van der Waals surface area contributed by atoms with Gasteiger partial charge in [0.2, 0.25) is 0 Å². The molecule has 0 radical (unpaired) electrons. The minimum absolute atomic E-state index is 0.0436. The normalized spacial score (nSPS) is 10.4. The molecule has 0 amide bonds. The molecule has 2 rings (SSSR count). The van der Waals surface area contributed by atoms with Crippen LogP contribution < -0.4 is 0 Å². The van der Waals surface area contributed by atoms with Gasteiger partial charge in [-0.1, -0.05) is 41.6 Å². The van der Waals surface area contributed by atoms with Crippen molar-refractivity contribution in [2.24, 2.45) is 0 Å². The molecule has 19 heavy (non-hydrogen) atoms. The second-order valence-electron chi connectivity index (χ2n) is 3.86. The molecule has 0 fully saturated rings. The maximum absolute atomic E-state index is 13.1. The van der Waals surface area contributed by atoms with Crippen LogP contribution in [-0.2, 0) is 11.2 Å². The zero-order valence-corrected chi connectivity index (χ0v) is 11.3. The molecule has 0 saturated carbocycles. The average molecular weight is 297 g/mol. The van der Waals surface area contributed by atoms with Crippen LogP contribution in [0.1, 0.15) is 5.56 Å². The fourth-order valence-electron chi connectivity index (χ4n) is 1.58. The third-order valence-corrected chi connectivity index (χ3v) is 3.83. The van der Waals surface area contributed by atoms with Crippen LogP contribution in [0.3, 0.4) is 0 Å². The van der Waals surface area contributed by atoms with Gasteiger partial charge in [-0.15, -0.1) is 0 Å². The van der Waals surface area contributed by atoms with Crippen LogP contribution >= 0.6 is 23.4 Å². The Labute approximate surface area is 119 Å². The van der Waals surface area contributed by atoms with Gasteiger partial charge in [-0.05, 0) is 29.8 Å². The maximum atomic E-state index is 13.1. The van der Waals surface area contributed by atoms with E-state index in [9.17, 15) is 9.18 Å². The minimum Gasteiger partial charge on any atom is -0.481 e. The molecule has 0 aliphatic carbocycles. The molecule has 1 N–H and O–H groups in total. The molecule has 2 aromatic carbocycles. The number of carbonyl (C=O) groups is 1. The SMILES string of the molecule is O=C(O)Cc1ccccc1Sc1ccc(F)c(Cl)c1. The Balaban J connectivity index is 2.27. The molecule has 0 aliphatic rings. The Morgan fingerprint density at radius 2 is 2.00 bits per heavy atom. The number of carboxylic acids is 1. The zero-order chi connectivity index (χ0) is 13.8. The highest BCUT2D eigenvalue weighted by molar-refractivity contribution is 7.99. The number of halogens is 2. The van der Waals surface area contributed by atoms with Crippen LogP contribution in [0.15, 0.2) is 52.3 Å². The molecule has 0 heterocycles. The number of hydrogen-bond acceptors (Lipinski definition) is 2. The molecule has 98 valence electrons. The van der Waals surface area contributed by atoms with E-state index in [0.717, 1.165) is 15.4 Å². The molecule has 0 unspecified atom stereocenters. The van der Waals surface area contributed by atoms with Crippen LogP contribution in [0.5, 0.6) is 0 Å². The van der Waals surface area contributed by atoms with Gasteiger partial charge in [-0.25, -0.2) is 4.39 Å². The van der Waals surface area contributed by atoms with E-state index >= 15 is 0 Å². The van der Waals surface area contributed by atoms with Gasteiger partial charge in [-0.2, -0.15) is 0 Å². The van der Waals surface area contributed by atoms with Gasteiger partial charge in [0.1, 0.15) is 5.82 Å². The van der Waals surface area contributed by atoms with E-state index < -0.39 is 11.8 Å². The van der Waals surface area contributed by atoms with Crippen molar-refractivity contribution in [2.75, 3.05) is 0 Å². The summed E-state index contributed by atoms with van der Waals surface area (Å²) in [5.74, 6) is -1.35. The first-order chi connectivity index (χ1) is 9.06. The van der Waals surface area contributed by atoms with E-state index in [1.165, 1.54) is 23.9 Å². The topological polar surface area (TPSA) is 37.3 Å². The van der Waals surface area contributed by atoms with Gasteiger partial charge < -0.3 is 5.11 Å². The molecule has 0 aliphatic heterocycles. The number of benzene rings is 2. The summed E-state index contributed by atoms with van der Waals surface area (Å²) in [5, 5.41) is 8.91. The first kappa shape index (κ1) is 13.9. The summed E-state index contributed by atoms with van der Waals surface area (Å²) in [6.07, 6.45) is -0.0436. The molecule has 0 saturated heterocycles. The summed E-state index contributed by atoms with van der Waals surface area (Å²) in [6.45, 7) is 0. The lowest BCUT2D eigenvalue weighted by Gasteiger charge is -2.07. The maximum Gasteiger partial charge on any atom is 0.307 e. The smallest absolute Gasteiger partial charge is 0.307 e. The Hall–Kier alpha value is -1.52. The first-order valence-corrected chi connectivity index (χ1v) is 6.68. The third-order valence-electron chi connectivity index (χ3n) is 2.43. The Kier molecular flexibility index (Phi) is 4.45. The van der Waals surface area contributed by atoms with Crippen LogP contribution in [0, 0.1) is 5.82 Å². The van der Waals surface area contributed by atoms with Crippen LogP contribution in [-0.4, -0.2) is 11.1 Å². The van der Waals surface area contributed by atoms with Gasteiger partial charge in [0.15, 0.2) is 0 Å². The zero-order valence-electron chi connectivity index (χ0n) is 9.77. The second-order valence-corrected chi connectivity index (χ2v) is 5.38. The van der Waals surface area contributed by atoms with E-state index in [-0.39, 0.29) is 11.4 Å². The molecule has 5 heteroatoms. The van der Waals surface area contributed by atoms with Crippen molar-refractivity contribution >= 4 is 29.3 Å². The summed E-state index contributed by atoms with van der Waals surface area (Å²) < 4.78 is 13.1. The predicted molar refractivity (Wildman–Crippen MR) is 73.3 cm³/mol. The Morgan fingerprint density at radius 3 is 2.68 bits per heavy atom. The molecular weight excluding hydrogens is 287 g/mol. The summed E-state index contributed by atoms with van der Waals surface area (Å²) >= 11 is 7.09. The molecule has 0 aromatic heterocycles. The average Bonchev–Trinajstić information content (AvgIpc) is 2.36. The molecular formula is C14H10ClFO2S. The van der Waals surface area contributed by atoms with Crippen molar-refractivity contribution in [3.8, 4) is 0 Å². The van der Waals surface area contributed by atoms with Gasteiger partial charge in [0, 0.05) is 9.79 Å². The van der Waals surface area contributed by atoms with Gasteiger partial charge in [0.05, 0.1) is 11.4 Å². The fourth-order valence-corrected chi connectivity index (χ4v) is 2.81. The summed E-state index contributed by atoms with van der Waals surface area (Å²) in [7, 11) is 0. The number of carboxylic acid groups (broad SMARTS) is 1. The molecule has 2 aromatic rings. The van der Waals surface area contributed by atoms with E-state index in [0.29, 0.717) is 0 Å². The fraction of sp³-hybridized carbons (Fsp3) is 0.0714. The van der Waals surface area contributed by atoms with E-state index in [1.54, 1.807) is 18.2 Å². The summed E-state index contributed by atoms with van der Waals surface area (Å²) in [5.41, 5.74) is 0.723. The van der Waals surface area contributed by atoms with Crippen LogP contribution in [0.2, 0.25) is 5.02 Å². The standard InChI is InChI=1S/C14H10ClFO2S/c15-11-8-10(5-6-12(11)16)19-13-4-2-1-3-9(13)7-14(17)18/h1-6,8H,7H2,(H,17,18). The number of aliphatic carboxylic acids is 1. The van der Waals surface area contributed by atoms with Crippen molar-refractivity contribution in [2.45, 2.75) is 16.2 Å². The van der Waals surface area contributed by atoms with Crippen molar-refractivity contribution in [1.82, 2.24) is 0 Å². The molecule has 0 atom stereocenters. The van der Waals surface area contributed by atoms with E-state index in [1.807, 2.05) is 12.1 Å². The van der Waals surface area contributed by atoms with Crippen molar-refractivity contribution in [1.29, 1.82) is 0 Å². The highest BCUT2D eigenvalue weighted by Crippen LogP contribution is 2.32. The van der Waals surface area contributed by atoms with Crippen LogP contribution in [0.25, 0.3) is 0 Å². The largest absolute Gasteiger partial charge is 0.481 e. The highest BCUT2D eigenvalue weighted by Gasteiger charge is 2.09. The summed E-state index contributed by atoms with van der Waals surface area (Å²) in [4.78, 5) is 12.4. The lowest BCUT2D eigenvalue weighted by molar-refractivity contribution is -0.136. The Morgan fingerprint density at radius 1 is 1.26 bits per heavy atom. The van der Waals surface area contributed by atoms with Gasteiger partial charge in [-0.3, -0.25) is 4.79 Å². The van der Waals surface area contributed by atoms with E-state index in [2.05, 4.69) is 0 Å². The second kappa shape index (κ2) is 6.08. The lowest BCUT2D eigenvalue weighted by Crippen LogP contribution is -2.01. The highest BCUT2D eigenvalue weighted by atomic mass is 35.5. The monoisotopic (exact) mass is 296 g/mol. The predicted octanol–water partition coefficient (Wildman–Crippen LogP) is 4.26. The molecule has 0 spiro atoms. The van der Waals surface area contributed by atoms with Crippen molar-refractivity contribution < 1.29 is 14.3 Å². The van der Waals surface area contributed by atoms with Crippen molar-refractivity contribution in [3.05, 3.63) is 58.9 Å². The summed E-state index contributed by atoms with van der Waals surface area (Å²) in [6, 6.07) is 11.7. The Bertz CT molecular complexity index is 616. The molecule has 0 bridgehead atoms. The van der Waals surface area contributed by atoms with Crippen LogP contribution in [0.4, 0.5) is 4.39 Å². The number of hydrogen-bond donors (Lipinski definition) is 1.